The third-order valence-electron chi connectivity index (χ3n) is 9.84. The number of rotatable bonds is 33. The van der Waals surface area contributed by atoms with Gasteiger partial charge in [0.2, 0.25) is 0 Å². The Hall–Kier alpha value is -1.89. The van der Waals surface area contributed by atoms with Gasteiger partial charge in [0.25, 0.3) is 0 Å². The van der Waals surface area contributed by atoms with Gasteiger partial charge < -0.3 is 19.8 Å². The zero-order valence-corrected chi connectivity index (χ0v) is 29.8. The molecule has 3 unspecified atom stereocenters. The molecule has 0 aliphatic heterocycles. The van der Waals surface area contributed by atoms with Gasteiger partial charge in [-0.25, -0.2) is 0 Å². The Morgan fingerprint density at radius 3 is 1.00 bits per heavy atom. The summed E-state index contributed by atoms with van der Waals surface area (Å²) in [7, 11) is 0. The fourth-order valence-corrected chi connectivity index (χ4v) is 6.75. The van der Waals surface area contributed by atoms with Gasteiger partial charge in [0.15, 0.2) is 0 Å². The molecule has 0 aliphatic rings. The van der Waals surface area contributed by atoms with E-state index in [9.17, 15) is 29.7 Å². The Labute approximate surface area is 276 Å². The zero-order chi connectivity index (χ0) is 33.8. The van der Waals surface area contributed by atoms with E-state index < -0.39 is 35.7 Å². The SMILES string of the molecule is C/C=C/CCCCCCCCCCCCCCCCCCCC[N+](CC(CC)C(=O)O)(CC(CC)C(=O)O)CC(CC)C(=O)O. The number of quaternary nitrogens is 1. The van der Waals surface area contributed by atoms with E-state index in [1.165, 1.54) is 103 Å². The molecule has 3 N–H and O–H groups in total. The van der Waals surface area contributed by atoms with Gasteiger partial charge in [-0.15, -0.1) is 0 Å². The second-order valence-electron chi connectivity index (χ2n) is 13.7. The molecule has 0 fully saturated rings. The second kappa shape index (κ2) is 28.3. The molecule has 264 valence electrons. The van der Waals surface area contributed by atoms with Crippen LogP contribution in [0.4, 0.5) is 0 Å². The van der Waals surface area contributed by atoms with Crippen LogP contribution < -0.4 is 0 Å². The standard InChI is InChI=1S/C38H71NO6/c1-5-9-10-11-12-13-14-15-16-17-18-19-20-21-22-23-24-25-26-27-28-29-39(30-33(6-2)36(40)41,31-34(7-3)37(42)43)32-35(8-4)38(44)45/h5,9,33-35H,6-8,10-32H2,1-4H3,(H2-,40,41,42,43,44,45)/p+1/b9-5+. The van der Waals surface area contributed by atoms with Gasteiger partial charge in [-0.3, -0.25) is 14.4 Å². The van der Waals surface area contributed by atoms with Crippen molar-refractivity contribution < 1.29 is 34.2 Å². The maximum atomic E-state index is 12.0. The van der Waals surface area contributed by atoms with Crippen LogP contribution in [0.1, 0.15) is 169 Å². The minimum absolute atomic E-state index is 0.261. The highest BCUT2D eigenvalue weighted by molar-refractivity contribution is 5.71. The lowest BCUT2D eigenvalue weighted by molar-refractivity contribution is -0.935. The van der Waals surface area contributed by atoms with Crippen LogP contribution in [0.3, 0.4) is 0 Å². The first-order valence-corrected chi connectivity index (χ1v) is 18.8. The first kappa shape index (κ1) is 43.1. The highest BCUT2D eigenvalue weighted by atomic mass is 16.4. The number of unbranched alkanes of at least 4 members (excludes halogenated alkanes) is 18. The van der Waals surface area contributed by atoms with E-state index in [0.717, 1.165) is 19.3 Å². The average molecular weight is 639 g/mol. The summed E-state index contributed by atoms with van der Waals surface area (Å²) < 4.78 is 0.261. The van der Waals surface area contributed by atoms with E-state index in [-0.39, 0.29) is 24.1 Å². The Morgan fingerprint density at radius 2 is 0.756 bits per heavy atom. The zero-order valence-electron chi connectivity index (χ0n) is 29.8. The summed E-state index contributed by atoms with van der Waals surface area (Å²) in [4.78, 5) is 36.0. The molecular formula is C38H72NO6+. The minimum atomic E-state index is -0.885. The Morgan fingerprint density at radius 1 is 0.489 bits per heavy atom. The molecule has 7 nitrogen and oxygen atoms in total. The summed E-state index contributed by atoms with van der Waals surface area (Å²) in [6.45, 7) is 9.12. The van der Waals surface area contributed by atoms with E-state index in [1.54, 1.807) is 0 Å². The van der Waals surface area contributed by atoms with Crippen molar-refractivity contribution in [2.24, 2.45) is 17.8 Å². The normalized spacial score (nSPS) is 15.1. The lowest BCUT2D eigenvalue weighted by Crippen LogP contribution is -2.58. The molecule has 0 radical (unpaired) electrons. The second-order valence-corrected chi connectivity index (χ2v) is 13.7. The lowest BCUT2D eigenvalue weighted by Gasteiger charge is -2.43. The van der Waals surface area contributed by atoms with Gasteiger partial charge in [0.1, 0.15) is 17.8 Å². The molecule has 0 bridgehead atoms. The van der Waals surface area contributed by atoms with Gasteiger partial charge in [-0.1, -0.05) is 129 Å². The molecular weight excluding hydrogens is 566 g/mol. The van der Waals surface area contributed by atoms with E-state index in [2.05, 4.69) is 19.1 Å². The van der Waals surface area contributed by atoms with Crippen molar-refractivity contribution in [2.75, 3.05) is 26.2 Å². The van der Waals surface area contributed by atoms with Crippen LogP contribution in [0.25, 0.3) is 0 Å². The molecule has 0 spiro atoms. The van der Waals surface area contributed by atoms with E-state index in [0.29, 0.717) is 25.8 Å². The highest BCUT2D eigenvalue weighted by Crippen LogP contribution is 2.25. The van der Waals surface area contributed by atoms with E-state index >= 15 is 0 Å². The molecule has 0 rings (SSSR count). The molecule has 0 saturated heterocycles. The quantitative estimate of drug-likeness (QED) is 0.0375. The fraction of sp³-hybridized carbons (Fsp3) is 0.868. The number of carbonyl (C=O) groups is 3. The summed E-state index contributed by atoms with van der Waals surface area (Å²) in [5.74, 6) is -4.50. The molecule has 0 aromatic rings. The van der Waals surface area contributed by atoms with Gasteiger partial charge in [0.05, 0.1) is 26.2 Å². The molecule has 0 amide bonds. The number of hydrogen-bond acceptors (Lipinski definition) is 3. The van der Waals surface area contributed by atoms with Crippen LogP contribution in [0.15, 0.2) is 12.2 Å². The Kier molecular flexibility index (Phi) is 27.2. The van der Waals surface area contributed by atoms with Gasteiger partial charge in [0, 0.05) is 0 Å². The summed E-state index contributed by atoms with van der Waals surface area (Å²) in [5, 5.41) is 29.5. The predicted molar refractivity (Wildman–Crippen MR) is 187 cm³/mol. The molecule has 7 heteroatoms. The highest BCUT2D eigenvalue weighted by Gasteiger charge is 2.40. The van der Waals surface area contributed by atoms with Crippen molar-refractivity contribution in [3.05, 3.63) is 12.2 Å². The Balaban J connectivity index is 4.45. The molecule has 0 heterocycles. The van der Waals surface area contributed by atoms with Gasteiger partial charge in [-0.05, 0) is 51.9 Å². The van der Waals surface area contributed by atoms with Crippen molar-refractivity contribution >= 4 is 17.9 Å². The molecule has 3 atom stereocenters. The van der Waals surface area contributed by atoms with E-state index in [1.807, 2.05) is 20.8 Å². The van der Waals surface area contributed by atoms with Crippen molar-refractivity contribution in [3.63, 3.8) is 0 Å². The third kappa shape index (κ3) is 22.3. The predicted octanol–water partition coefficient (Wildman–Crippen LogP) is 10.1. The van der Waals surface area contributed by atoms with Crippen LogP contribution in [0.2, 0.25) is 0 Å². The van der Waals surface area contributed by atoms with Crippen molar-refractivity contribution in [3.8, 4) is 0 Å². The van der Waals surface area contributed by atoms with Crippen LogP contribution in [0, 0.1) is 17.8 Å². The Bertz CT molecular complexity index is 722. The van der Waals surface area contributed by atoms with Gasteiger partial charge in [-0.2, -0.15) is 0 Å². The van der Waals surface area contributed by atoms with Crippen molar-refractivity contribution in [1.29, 1.82) is 0 Å². The van der Waals surface area contributed by atoms with Gasteiger partial charge >= 0.3 is 17.9 Å². The first-order chi connectivity index (χ1) is 21.7. The third-order valence-corrected chi connectivity index (χ3v) is 9.84. The van der Waals surface area contributed by atoms with Crippen LogP contribution in [0.5, 0.6) is 0 Å². The molecule has 45 heavy (non-hydrogen) atoms. The maximum Gasteiger partial charge on any atom is 0.312 e. The molecule has 0 aromatic carbocycles. The number of allylic oxidation sites excluding steroid dienone is 2. The van der Waals surface area contributed by atoms with E-state index in [4.69, 9.17) is 0 Å². The van der Waals surface area contributed by atoms with Crippen LogP contribution >= 0.6 is 0 Å². The summed E-state index contributed by atoms with van der Waals surface area (Å²) >= 11 is 0. The number of aliphatic carboxylic acids is 3. The number of carboxylic acids is 3. The summed E-state index contributed by atoms with van der Waals surface area (Å²) in [6, 6.07) is 0. The van der Waals surface area contributed by atoms with Crippen molar-refractivity contribution in [2.45, 2.75) is 169 Å². The molecule has 0 aromatic heterocycles. The first-order valence-electron chi connectivity index (χ1n) is 18.8. The van der Waals surface area contributed by atoms with Crippen LogP contribution in [-0.2, 0) is 14.4 Å². The number of carboxylic acid groups (broad SMARTS) is 3. The monoisotopic (exact) mass is 639 g/mol. The molecule has 0 aliphatic carbocycles. The minimum Gasteiger partial charge on any atom is -0.481 e. The van der Waals surface area contributed by atoms with Crippen molar-refractivity contribution in [1.82, 2.24) is 0 Å². The average Bonchev–Trinajstić information content (AvgIpc) is 3.01. The van der Waals surface area contributed by atoms with Crippen LogP contribution in [-0.4, -0.2) is 63.9 Å². The summed E-state index contributed by atoms with van der Waals surface area (Å²) in [6.07, 6.45) is 30.1. The largest absolute Gasteiger partial charge is 0.481 e. The lowest BCUT2D eigenvalue weighted by atomic mass is 9.95. The summed E-state index contributed by atoms with van der Waals surface area (Å²) in [5.41, 5.74) is 0. The maximum absolute atomic E-state index is 12.0. The topological polar surface area (TPSA) is 112 Å². The molecule has 0 saturated carbocycles. The smallest absolute Gasteiger partial charge is 0.312 e. The fourth-order valence-electron chi connectivity index (χ4n) is 6.75. The number of nitrogens with zero attached hydrogens (tertiary/aromatic N) is 1. The number of hydrogen-bond donors (Lipinski definition) is 3.